The molecule has 4 atom stereocenters. The molecule has 2 heterocycles. The first kappa shape index (κ1) is 35.4. The second-order valence-electron chi connectivity index (χ2n) is 11.7. The molecular weight excluding hydrogens is 618 g/mol. The molecule has 2 aromatic carbocycles. The lowest BCUT2D eigenvalue weighted by atomic mass is 10.0. The maximum atomic E-state index is 13.8. The molecule has 0 unspecified atom stereocenters. The molecule has 1 aliphatic rings. The Balaban J connectivity index is 1.57. The molecule has 0 radical (unpaired) electrons. The van der Waals surface area contributed by atoms with Crippen LogP contribution < -0.4 is 32.3 Å². The topological polar surface area (TPSA) is 225 Å². The number of hydrogen-bond donors (Lipinski definition) is 8. The number of phenols is 2. The number of carbonyl (C=O) groups excluding carboxylic acids is 5. The van der Waals surface area contributed by atoms with Gasteiger partial charge in [0, 0.05) is 31.8 Å². The Morgan fingerprint density at radius 1 is 0.812 bits per heavy atom. The van der Waals surface area contributed by atoms with Gasteiger partial charge in [-0.25, -0.2) is 0 Å². The molecule has 3 aromatic rings. The molecule has 1 aromatic heterocycles. The number of amides is 5. The molecule has 0 saturated carbocycles. The van der Waals surface area contributed by atoms with Crippen LogP contribution in [0, 0.1) is 0 Å². The first-order valence-electron chi connectivity index (χ1n) is 15.7. The van der Waals surface area contributed by atoms with Gasteiger partial charge in [-0.05, 0) is 72.7 Å². The van der Waals surface area contributed by atoms with Crippen LogP contribution in [-0.2, 0) is 43.2 Å². The number of aromatic nitrogens is 1. The number of pyridine rings is 1. The average Bonchev–Trinajstić information content (AvgIpc) is 3.07. The Morgan fingerprint density at radius 3 is 2.10 bits per heavy atom. The Morgan fingerprint density at radius 2 is 1.44 bits per heavy atom. The Hall–Kier alpha value is -5.50. The summed E-state index contributed by atoms with van der Waals surface area (Å²) >= 11 is 0. The Bertz CT molecular complexity index is 1550. The lowest BCUT2D eigenvalue weighted by Crippen LogP contribution is -2.59. The van der Waals surface area contributed by atoms with Gasteiger partial charge in [-0.3, -0.25) is 29.0 Å². The number of nitrogens with two attached hydrogens (primary N) is 1. The molecule has 1 fully saturated rings. The zero-order chi connectivity index (χ0) is 34.5. The number of aromatic hydroxyl groups is 2. The van der Waals surface area contributed by atoms with Crippen LogP contribution in [-0.4, -0.2) is 82.0 Å². The minimum atomic E-state index is -1.17. The van der Waals surface area contributed by atoms with Crippen molar-refractivity contribution in [3.05, 3.63) is 89.7 Å². The van der Waals surface area contributed by atoms with Crippen molar-refractivity contribution in [3.63, 3.8) is 0 Å². The maximum absolute atomic E-state index is 13.8. The fourth-order valence-electron chi connectivity index (χ4n) is 5.17. The predicted molar refractivity (Wildman–Crippen MR) is 175 cm³/mol. The smallest absolute Gasteiger partial charge is 0.243 e. The van der Waals surface area contributed by atoms with Crippen molar-refractivity contribution in [3.8, 4) is 11.5 Å². The third-order valence-electron chi connectivity index (χ3n) is 7.83. The van der Waals surface area contributed by atoms with Crippen LogP contribution in [0.1, 0.15) is 36.0 Å². The van der Waals surface area contributed by atoms with E-state index in [4.69, 9.17) is 5.73 Å². The van der Waals surface area contributed by atoms with E-state index in [1.807, 2.05) is 0 Å². The van der Waals surface area contributed by atoms with Crippen molar-refractivity contribution in [1.29, 1.82) is 0 Å². The lowest BCUT2D eigenvalue weighted by Gasteiger charge is -2.26. The van der Waals surface area contributed by atoms with E-state index in [1.54, 1.807) is 48.8 Å². The number of benzene rings is 2. The Kier molecular flexibility index (Phi) is 12.8. The predicted octanol–water partition coefficient (Wildman–Crippen LogP) is -0.281. The monoisotopic (exact) mass is 659 g/mol. The van der Waals surface area contributed by atoms with Crippen LogP contribution in [0.3, 0.4) is 0 Å². The number of hydrogen-bond acceptors (Lipinski definition) is 9. The van der Waals surface area contributed by atoms with Gasteiger partial charge in [0.1, 0.15) is 29.6 Å². The molecule has 0 bridgehead atoms. The molecule has 14 heteroatoms. The second-order valence-corrected chi connectivity index (χ2v) is 11.7. The highest BCUT2D eigenvalue weighted by Crippen LogP contribution is 2.14. The standard InChI is InChI=1S/C34H41N7O7/c35-26(16-21-6-10-24(42)11-7-21)31(45)39-27-5-1-2-15-37-30(44)20-38-32(46)28(17-22-8-12-25(43)13-9-22)40-34(48)29(41-33(27)47)18-23-4-3-14-36-19-23/h3-4,6-14,19,26-29,42-43H,1-2,5,15-18,20,35H2,(H,37,44)(H,38,46)(H,39,45)(H,40,48)(H,41,47)/t26-,27+,28-,29-/m0/s1. The lowest BCUT2D eigenvalue weighted by molar-refractivity contribution is -0.134. The van der Waals surface area contributed by atoms with E-state index in [9.17, 15) is 34.2 Å². The summed E-state index contributed by atoms with van der Waals surface area (Å²) in [5, 5.41) is 32.7. The van der Waals surface area contributed by atoms with Gasteiger partial charge in [-0.1, -0.05) is 30.3 Å². The highest BCUT2D eigenvalue weighted by molar-refractivity contribution is 5.95. The molecule has 254 valence electrons. The molecule has 0 spiro atoms. The van der Waals surface area contributed by atoms with E-state index in [0.29, 0.717) is 29.5 Å². The van der Waals surface area contributed by atoms with Crippen LogP contribution in [0.25, 0.3) is 0 Å². The molecule has 48 heavy (non-hydrogen) atoms. The molecule has 5 amide bonds. The van der Waals surface area contributed by atoms with E-state index >= 15 is 0 Å². The molecule has 1 saturated heterocycles. The van der Waals surface area contributed by atoms with Crippen LogP contribution in [0.2, 0.25) is 0 Å². The number of phenolic OH excluding ortho intramolecular Hbond substituents is 2. The quantitative estimate of drug-likeness (QED) is 0.159. The van der Waals surface area contributed by atoms with E-state index in [1.165, 1.54) is 24.3 Å². The van der Waals surface area contributed by atoms with Crippen molar-refractivity contribution < 1.29 is 34.2 Å². The third-order valence-corrected chi connectivity index (χ3v) is 7.83. The Labute approximate surface area is 277 Å². The van der Waals surface area contributed by atoms with Gasteiger partial charge in [0.15, 0.2) is 0 Å². The number of nitrogens with zero attached hydrogens (tertiary/aromatic N) is 1. The third kappa shape index (κ3) is 11.1. The molecule has 4 rings (SSSR count). The van der Waals surface area contributed by atoms with E-state index in [2.05, 4.69) is 31.6 Å². The summed E-state index contributed by atoms with van der Waals surface area (Å²) in [6.45, 7) is -0.0388. The zero-order valence-electron chi connectivity index (χ0n) is 26.4. The summed E-state index contributed by atoms with van der Waals surface area (Å²) in [6, 6.07) is 11.4. The first-order chi connectivity index (χ1) is 23.1. The van der Waals surface area contributed by atoms with Crippen molar-refractivity contribution in [1.82, 2.24) is 31.6 Å². The number of rotatable bonds is 8. The number of nitrogens with one attached hydrogen (secondary N) is 5. The summed E-state index contributed by atoms with van der Waals surface area (Å²) in [5.74, 6) is -2.81. The van der Waals surface area contributed by atoms with Gasteiger partial charge < -0.3 is 42.5 Å². The fraction of sp³-hybridized carbons (Fsp3) is 0.353. The minimum absolute atomic E-state index is 0.0302. The van der Waals surface area contributed by atoms with Gasteiger partial charge in [-0.2, -0.15) is 0 Å². The fourth-order valence-corrected chi connectivity index (χ4v) is 5.17. The van der Waals surface area contributed by atoms with Crippen LogP contribution in [0.5, 0.6) is 11.5 Å². The second kappa shape index (κ2) is 17.4. The van der Waals surface area contributed by atoms with Crippen molar-refractivity contribution in [2.75, 3.05) is 13.1 Å². The highest BCUT2D eigenvalue weighted by atomic mass is 16.3. The SMILES string of the molecule is N[C@@H](Cc1ccc(O)cc1)C(=O)N[C@@H]1CCCCNC(=O)CNC(=O)[C@H](Cc2ccc(O)cc2)NC(=O)[C@H](Cc2cccnc2)NC1=O. The van der Waals surface area contributed by atoms with Crippen molar-refractivity contribution in [2.24, 2.45) is 5.73 Å². The van der Waals surface area contributed by atoms with Crippen molar-refractivity contribution >= 4 is 29.5 Å². The molecule has 0 aliphatic carbocycles. The van der Waals surface area contributed by atoms with Gasteiger partial charge in [-0.15, -0.1) is 0 Å². The van der Waals surface area contributed by atoms with E-state index in [0.717, 1.165) is 0 Å². The van der Waals surface area contributed by atoms with Crippen LogP contribution in [0.15, 0.2) is 73.1 Å². The van der Waals surface area contributed by atoms with Crippen molar-refractivity contribution in [2.45, 2.75) is 62.7 Å². The summed E-state index contributed by atoms with van der Waals surface area (Å²) in [4.78, 5) is 70.6. The molecule has 14 nitrogen and oxygen atoms in total. The molecule has 9 N–H and O–H groups in total. The van der Waals surface area contributed by atoms with Gasteiger partial charge >= 0.3 is 0 Å². The van der Waals surface area contributed by atoms with Gasteiger partial charge in [0.05, 0.1) is 12.6 Å². The van der Waals surface area contributed by atoms with Gasteiger partial charge in [0.2, 0.25) is 29.5 Å². The highest BCUT2D eigenvalue weighted by Gasteiger charge is 2.31. The van der Waals surface area contributed by atoms with E-state index in [-0.39, 0.29) is 50.3 Å². The largest absolute Gasteiger partial charge is 0.508 e. The summed E-state index contributed by atoms with van der Waals surface area (Å²) in [5.41, 5.74) is 8.17. The molecule has 1 aliphatic heterocycles. The summed E-state index contributed by atoms with van der Waals surface area (Å²) in [6.07, 6.45) is 4.45. The van der Waals surface area contributed by atoms with Crippen LogP contribution in [0.4, 0.5) is 0 Å². The summed E-state index contributed by atoms with van der Waals surface area (Å²) in [7, 11) is 0. The van der Waals surface area contributed by atoms with E-state index < -0.39 is 53.7 Å². The maximum Gasteiger partial charge on any atom is 0.243 e. The number of carbonyl (C=O) groups is 5. The normalized spacial score (nSPS) is 20.4. The first-order valence-corrected chi connectivity index (χ1v) is 15.7. The zero-order valence-corrected chi connectivity index (χ0v) is 26.4. The summed E-state index contributed by atoms with van der Waals surface area (Å²) < 4.78 is 0. The van der Waals surface area contributed by atoms with Crippen LogP contribution >= 0.6 is 0 Å². The average molecular weight is 660 g/mol. The van der Waals surface area contributed by atoms with Gasteiger partial charge in [0.25, 0.3) is 0 Å². The molecular formula is C34H41N7O7. The minimum Gasteiger partial charge on any atom is -0.508 e.